The van der Waals surface area contributed by atoms with Crippen LogP contribution < -0.4 is 0 Å². The highest BCUT2D eigenvalue weighted by Gasteiger charge is 2.29. The van der Waals surface area contributed by atoms with Crippen molar-refractivity contribution < 1.29 is 9.53 Å². The maximum Gasteiger partial charge on any atom is 0.276 e. The van der Waals surface area contributed by atoms with Crippen LogP contribution in [0.1, 0.15) is 41.4 Å². The van der Waals surface area contributed by atoms with Crippen LogP contribution in [-0.4, -0.2) is 59.8 Å². The summed E-state index contributed by atoms with van der Waals surface area (Å²) < 4.78 is 15.8. The van der Waals surface area contributed by atoms with Gasteiger partial charge < -0.3 is 9.64 Å². The van der Waals surface area contributed by atoms with E-state index in [1.165, 1.54) is 11.7 Å². The molecule has 0 aromatic carbocycles. The summed E-state index contributed by atoms with van der Waals surface area (Å²) in [6.07, 6.45) is 0.0589. The van der Waals surface area contributed by atoms with E-state index < -0.39 is 0 Å². The Labute approximate surface area is 138 Å². The molecule has 0 saturated carbocycles. The fourth-order valence-corrected chi connectivity index (χ4v) is 3.29. The van der Waals surface area contributed by atoms with Gasteiger partial charge >= 0.3 is 0 Å². The van der Waals surface area contributed by atoms with Crippen LogP contribution in [0.15, 0.2) is 0 Å². The van der Waals surface area contributed by atoms with Crippen LogP contribution in [-0.2, 0) is 11.3 Å². The molecule has 124 valence electrons. The van der Waals surface area contributed by atoms with E-state index >= 15 is 0 Å². The second-order valence-electron chi connectivity index (χ2n) is 5.94. The number of aromatic nitrogens is 5. The number of hydrogen-bond acceptors (Lipinski definition) is 7. The Balaban J connectivity index is 1.78. The fourth-order valence-electron chi connectivity index (χ4n) is 2.74. The van der Waals surface area contributed by atoms with E-state index in [4.69, 9.17) is 4.74 Å². The zero-order chi connectivity index (χ0) is 16.6. The van der Waals surface area contributed by atoms with E-state index in [9.17, 15) is 4.79 Å². The van der Waals surface area contributed by atoms with Gasteiger partial charge in [0.25, 0.3) is 5.91 Å². The molecule has 2 aromatic rings. The number of ether oxygens (including phenoxy) is 1. The molecule has 0 radical (unpaired) electrons. The third kappa shape index (κ3) is 3.25. The third-order valence-corrected chi connectivity index (χ3v) is 4.60. The van der Waals surface area contributed by atoms with Crippen LogP contribution in [0, 0.1) is 13.8 Å². The molecule has 2 atom stereocenters. The van der Waals surface area contributed by atoms with Crippen molar-refractivity contribution in [2.75, 3.05) is 13.1 Å². The fraction of sp³-hybridized carbons (Fsp3) is 0.643. The normalized spacial score (nSPS) is 21.7. The summed E-state index contributed by atoms with van der Waals surface area (Å²) in [5.41, 5.74) is 2.88. The van der Waals surface area contributed by atoms with Crippen LogP contribution in [0.4, 0.5) is 0 Å². The van der Waals surface area contributed by atoms with Gasteiger partial charge in [0.1, 0.15) is 0 Å². The summed E-state index contributed by atoms with van der Waals surface area (Å²) in [6.45, 7) is 9.33. The number of hydrogen-bond donors (Lipinski definition) is 0. The minimum atomic E-state index is -0.0936. The number of aryl methyl sites for hydroxylation is 1. The average Bonchev–Trinajstić information content (AvgIpc) is 3.05. The Morgan fingerprint density at radius 2 is 1.96 bits per heavy atom. The Bertz CT molecular complexity index is 702. The van der Waals surface area contributed by atoms with Crippen molar-refractivity contribution in [3.8, 4) is 0 Å². The van der Waals surface area contributed by atoms with Crippen molar-refractivity contribution in [1.29, 1.82) is 0 Å². The molecule has 8 nitrogen and oxygen atoms in total. The Morgan fingerprint density at radius 1 is 1.26 bits per heavy atom. The highest BCUT2D eigenvalue weighted by molar-refractivity contribution is 6.99. The first kappa shape index (κ1) is 16.0. The van der Waals surface area contributed by atoms with E-state index in [-0.39, 0.29) is 18.1 Å². The van der Waals surface area contributed by atoms with Gasteiger partial charge in [0.2, 0.25) is 0 Å². The monoisotopic (exact) mass is 336 g/mol. The first-order valence-electron chi connectivity index (χ1n) is 7.58. The lowest BCUT2D eigenvalue weighted by Gasteiger charge is -2.34. The third-order valence-electron chi connectivity index (χ3n) is 3.94. The Kier molecular flexibility index (Phi) is 4.40. The van der Waals surface area contributed by atoms with Gasteiger partial charge in [-0.05, 0) is 27.7 Å². The highest BCUT2D eigenvalue weighted by atomic mass is 32.1. The van der Waals surface area contributed by atoms with Gasteiger partial charge in [-0.25, -0.2) is 4.68 Å². The van der Waals surface area contributed by atoms with Gasteiger partial charge in [-0.2, -0.15) is 8.75 Å². The number of morpholine rings is 1. The first-order valence-corrected chi connectivity index (χ1v) is 8.31. The van der Waals surface area contributed by atoms with E-state index in [0.29, 0.717) is 25.3 Å². The summed E-state index contributed by atoms with van der Waals surface area (Å²) in [5.74, 6) is -0.0936. The molecule has 0 bridgehead atoms. The van der Waals surface area contributed by atoms with Crippen molar-refractivity contribution in [3.05, 3.63) is 22.8 Å². The lowest BCUT2D eigenvalue weighted by Crippen LogP contribution is -2.48. The van der Waals surface area contributed by atoms with Crippen LogP contribution in [0.3, 0.4) is 0 Å². The largest absolute Gasteiger partial charge is 0.372 e. The predicted octanol–water partition coefficient (Wildman–Crippen LogP) is 1.04. The molecule has 2 unspecified atom stereocenters. The lowest BCUT2D eigenvalue weighted by molar-refractivity contribution is -0.0587. The van der Waals surface area contributed by atoms with E-state index in [0.717, 1.165) is 17.1 Å². The van der Waals surface area contributed by atoms with Crippen molar-refractivity contribution in [3.63, 3.8) is 0 Å². The van der Waals surface area contributed by atoms with Gasteiger partial charge in [-0.1, -0.05) is 5.21 Å². The molecule has 1 aliphatic heterocycles. The molecule has 0 N–H and O–H groups in total. The van der Waals surface area contributed by atoms with Gasteiger partial charge in [0.15, 0.2) is 5.69 Å². The molecular formula is C14H20N6O2S. The number of rotatable bonds is 3. The van der Waals surface area contributed by atoms with Crippen molar-refractivity contribution >= 4 is 17.6 Å². The quantitative estimate of drug-likeness (QED) is 0.832. The maximum atomic E-state index is 12.7. The molecule has 0 aliphatic carbocycles. The summed E-state index contributed by atoms with van der Waals surface area (Å²) in [4.78, 5) is 14.5. The number of nitrogens with zero attached hydrogens (tertiary/aromatic N) is 6. The molecular weight excluding hydrogens is 316 g/mol. The molecule has 3 heterocycles. The lowest BCUT2D eigenvalue weighted by atomic mass is 10.2. The summed E-state index contributed by atoms with van der Waals surface area (Å²) >= 11 is 1.18. The van der Waals surface area contributed by atoms with E-state index in [2.05, 4.69) is 19.1 Å². The van der Waals surface area contributed by atoms with Gasteiger partial charge in [-0.3, -0.25) is 4.79 Å². The standard InChI is InChI=1S/C14H20N6O2S/c1-8-5-19(6-9(2)22-8)14(21)13-11(4)20(18-15-13)7-12-10(3)16-23-17-12/h8-9H,5-7H2,1-4H3. The minimum absolute atomic E-state index is 0.0294. The summed E-state index contributed by atoms with van der Waals surface area (Å²) in [5, 5.41) is 8.20. The van der Waals surface area contributed by atoms with Gasteiger partial charge in [0, 0.05) is 13.1 Å². The molecule has 1 fully saturated rings. The number of carbonyl (C=O) groups is 1. The molecule has 1 amide bonds. The smallest absolute Gasteiger partial charge is 0.276 e. The van der Waals surface area contributed by atoms with Crippen LogP contribution in [0.2, 0.25) is 0 Å². The van der Waals surface area contributed by atoms with Gasteiger partial charge in [0.05, 0.1) is 47.6 Å². The zero-order valence-electron chi connectivity index (χ0n) is 13.7. The highest BCUT2D eigenvalue weighted by Crippen LogP contribution is 2.16. The minimum Gasteiger partial charge on any atom is -0.372 e. The molecule has 2 aromatic heterocycles. The molecule has 23 heavy (non-hydrogen) atoms. The topological polar surface area (TPSA) is 86.0 Å². The second-order valence-corrected chi connectivity index (χ2v) is 6.47. The summed E-state index contributed by atoms with van der Waals surface area (Å²) in [6, 6.07) is 0. The summed E-state index contributed by atoms with van der Waals surface area (Å²) in [7, 11) is 0. The molecule has 3 rings (SSSR count). The molecule has 1 aliphatic rings. The SMILES string of the molecule is Cc1nsnc1Cn1nnc(C(=O)N2CC(C)OC(C)C2)c1C. The molecule has 9 heteroatoms. The van der Waals surface area contributed by atoms with Crippen LogP contribution in [0.5, 0.6) is 0 Å². The number of amides is 1. The van der Waals surface area contributed by atoms with Gasteiger partial charge in [-0.15, -0.1) is 5.10 Å². The predicted molar refractivity (Wildman–Crippen MR) is 84.4 cm³/mol. The molecule has 1 saturated heterocycles. The number of carbonyl (C=O) groups excluding carboxylic acids is 1. The second kappa shape index (κ2) is 6.32. The zero-order valence-corrected chi connectivity index (χ0v) is 14.5. The van der Waals surface area contributed by atoms with Crippen molar-refractivity contribution in [2.45, 2.75) is 46.4 Å². The van der Waals surface area contributed by atoms with E-state index in [1.54, 1.807) is 9.58 Å². The Hall–Kier alpha value is -1.87. The Morgan fingerprint density at radius 3 is 2.57 bits per heavy atom. The van der Waals surface area contributed by atoms with Crippen LogP contribution in [0.25, 0.3) is 0 Å². The van der Waals surface area contributed by atoms with E-state index in [1.807, 2.05) is 27.7 Å². The average molecular weight is 336 g/mol. The first-order chi connectivity index (χ1) is 11.0. The van der Waals surface area contributed by atoms with Crippen LogP contribution >= 0.6 is 11.7 Å². The molecule has 0 spiro atoms. The maximum absolute atomic E-state index is 12.7. The van der Waals surface area contributed by atoms with Crippen molar-refractivity contribution in [1.82, 2.24) is 28.6 Å². The van der Waals surface area contributed by atoms with Crippen molar-refractivity contribution in [2.24, 2.45) is 0 Å².